The van der Waals surface area contributed by atoms with Crippen molar-refractivity contribution in [2.24, 2.45) is 11.3 Å². The summed E-state index contributed by atoms with van der Waals surface area (Å²) in [5.74, 6) is -5.49. The van der Waals surface area contributed by atoms with Gasteiger partial charge < -0.3 is 25.5 Å². The number of carboxylic acids is 1. The fourth-order valence-electron chi connectivity index (χ4n) is 6.49. The lowest BCUT2D eigenvalue weighted by molar-refractivity contribution is -0.192. The van der Waals surface area contributed by atoms with E-state index in [1.807, 2.05) is 12.1 Å². The van der Waals surface area contributed by atoms with Crippen LogP contribution in [0.25, 0.3) is 21.5 Å². The van der Waals surface area contributed by atoms with Gasteiger partial charge in [-0.1, -0.05) is 56.4 Å². The lowest BCUT2D eigenvalue weighted by Gasteiger charge is -2.34. The van der Waals surface area contributed by atoms with Crippen molar-refractivity contribution in [2.45, 2.75) is 77.6 Å². The lowest BCUT2D eigenvalue weighted by atomic mass is 9.71. The number of benzene rings is 2. The van der Waals surface area contributed by atoms with Crippen LogP contribution in [0, 0.1) is 23.0 Å². The maximum Gasteiger partial charge on any atom is 0.490 e. The molecular weight excluding hydrogens is 707 g/mol. The van der Waals surface area contributed by atoms with Crippen molar-refractivity contribution in [1.82, 2.24) is 20.2 Å². The zero-order chi connectivity index (χ0) is 38.0. The highest BCUT2D eigenvalue weighted by molar-refractivity contribution is 7.19. The van der Waals surface area contributed by atoms with Gasteiger partial charge in [-0.15, -0.1) is 0 Å². The SMILES string of the molecule is CC(C)(C)[C@H]1CCc2nc3sc(C(=O)N[C@H](CCN4CCC(O)CC4)c4ccc(-c5cc(F)c(O)c(F)c5)cc4)nc3cc2C1.O=C(O)C(F)(F)F. The number of fused-ring (bicyclic) bond motifs is 2. The predicted octanol–water partition coefficient (Wildman–Crippen LogP) is 7.44. The number of rotatable bonds is 7. The fraction of sp³-hybridized carbons (Fsp3) is 0.459. The summed E-state index contributed by atoms with van der Waals surface area (Å²) in [6.07, 6.45) is -0.257. The number of carbonyl (C=O) groups is 2. The average Bonchev–Trinajstić information content (AvgIpc) is 3.51. The molecule has 0 saturated carbocycles. The minimum absolute atomic E-state index is 0.220. The summed E-state index contributed by atoms with van der Waals surface area (Å²) in [5, 5.41) is 30.1. The molecule has 0 unspecified atom stereocenters. The van der Waals surface area contributed by atoms with Crippen molar-refractivity contribution in [3.63, 3.8) is 0 Å². The van der Waals surface area contributed by atoms with Crippen molar-refractivity contribution in [3.05, 3.63) is 75.9 Å². The molecule has 1 amide bonds. The number of hydrogen-bond donors (Lipinski definition) is 4. The van der Waals surface area contributed by atoms with Gasteiger partial charge >= 0.3 is 12.1 Å². The second kappa shape index (κ2) is 15.8. The van der Waals surface area contributed by atoms with E-state index < -0.39 is 29.5 Å². The number of aliphatic hydroxyl groups excluding tert-OH is 1. The minimum atomic E-state index is -5.08. The normalized spacial score (nSPS) is 17.6. The maximum absolute atomic E-state index is 14.0. The Labute approximate surface area is 301 Å². The number of aliphatic carboxylic acids is 1. The highest BCUT2D eigenvalue weighted by Gasteiger charge is 2.38. The molecule has 2 aliphatic rings. The zero-order valence-electron chi connectivity index (χ0n) is 28.9. The van der Waals surface area contributed by atoms with Gasteiger partial charge in [0.05, 0.1) is 12.1 Å². The Balaban J connectivity index is 0.000000679. The predicted molar refractivity (Wildman–Crippen MR) is 186 cm³/mol. The molecule has 1 aliphatic carbocycles. The van der Waals surface area contributed by atoms with Crippen LogP contribution in [0.4, 0.5) is 22.0 Å². The summed E-state index contributed by atoms with van der Waals surface area (Å²) < 4.78 is 59.7. The number of aromatic nitrogens is 2. The van der Waals surface area contributed by atoms with E-state index in [9.17, 15) is 37.0 Å². The molecule has 1 saturated heterocycles. The van der Waals surface area contributed by atoms with E-state index in [1.165, 1.54) is 16.9 Å². The third-order valence-corrected chi connectivity index (χ3v) is 10.6. The molecule has 9 nitrogen and oxygen atoms in total. The number of aromatic hydroxyl groups is 1. The van der Waals surface area contributed by atoms with E-state index >= 15 is 0 Å². The molecule has 280 valence electrons. The third-order valence-electron chi connectivity index (χ3n) is 9.67. The summed E-state index contributed by atoms with van der Waals surface area (Å²) in [5.41, 5.74) is 5.05. The number of hydrogen-bond acceptors (Lipinski definition) is 8. The number of carbonyl (C=O) groups excluding carboxylic acids is 1. The van der Waals surface area contributed by atoms with Crippen molar-refractivity contribution in [1.29, 1.82) is 0 Å². The third kappa shape index (κ3) is 9.61. The standard InChI is InChI=1S/C35H40F2N4O3S.C2HF3O2/c1-35(2,3)24-8-9-28-23(16-24)19-30-33(39-28)45-34(40-30)32(44)38-29(12-15-41-13-10-25(42)11-14-41)21-6-4-20(5-7-21)22-17-26(36)31(43)27(37)18-22;3-2(4,5)1(6)7/h4-7,17-19,24-25,29,42-43H,8-16H2,1-3H3,(H,38,44);(H,6,7)/t24-,29+;/m0./s1. The number of alkyl halides is 3. The van der Waals surface area contributed by atoms with Crippen LogP contribution in [0.5, 0.6) is 5.75 Å². The first-order valence-corrected chi connectivity index (χ1v) is 17.8. The summed E-state index contributed by atoms with van der Waals surface area (Å²) >= 11 is 1.31. The number of piperidine rings is 1. The van der Waals surface area contributed by atoms with Crippen LogP contribution >= 0.6 is 11.3 Å². The molecule has 4 N–H and O–H groups in total. The largest absolute Gasteiger partial charge is 0.503 e. The van der Waals surface area contributed by atoms with Gasteiger partial charge in [0.25, 0.3) is 5.91 Å². The number of amides is 1. The van der Waals surface area contributed by atoms with E-state index in [1.54, 1.807) is 12.1 Å². The molecule has 1 fully saturated rings. The van der Waals surface area contributed by atoms with E-state index in [2.05, 4.69) is 37.1 Å². The Bertz CT molecular complexity index is 1880. The second-order valence-electron chi connectivity index (χ2n) is 14.3. The quantitative estimate of drug-likeness (QED) is 0.143. The van der Waals surface area contributed by atoms with Crippen molar-refractivity contribution >= 4 is 33.6 Å². The molecule has 52 heavy (non-hydrogen) atoms. The van der Waals surface area contributed by atoms with Gasteiger partial charge in [0, 0.05) is 25.3 Å². The first-order chi connectivity index (χ1) is 24.4. The van der Waals surface area contributed by atoms with Crippen molar-refractivity contribution in [3.8, 4) is 16.9 Å². The summed E-state index contributed by atoms with van der Waals surface area (Å²) in [4.78, 5) is 35.2. The number of pyridine rings is 1. The maximum atomic E-state index is 14.0. The summed E-state index contributed by atoms with van der Waals surface area (Å²) in [6.45, 7) is 9.17. The molecule has 2 atom stereocenters. The molecule has 2 aromatic carbocycles. The fourth-order valence-corrected chi connectivity index (χ4v) is 7.33. The molecule has 4 aromatic rings. The van der Waals surface area contributed by atoms with Crippen LogP contribution in [0.3, 0.4) is 0 Å². The van der Waals surface area contributed by atoms with Crippen LogP contribution < -0.4 is 5.32 Å². The number of carboxylic acid groups (broad SMARTS) is 1. The number of phenolic OH excluding ortho intramolecular Hbond substituents is 1. The van der Waals surface area contributed by atoms with Gasteiger partial charge in [0.1, 0.15) is 10.3 Å². The molecule has 1 aliphatic heterocycles. The lowest BCUT2D eigenvalue weighted by Crippen LogP contribution is -2.38. The molecule has 2 aromatic heterocycles. The van der Waals surface area contributed by atoms with Crippen LogP contribution in [0.15, 0.2) is 42.5 Å². The zero-order valence-corrected chi connectivity index (χ0v) is 29.8. The number of aliphatic hydroxyl groups is 1. The Hall–Kier alpha value is -4.21. The number of thiazole rings is 1. The Kier molecular flexibility index (Phi) is 11.9. The van der Waals surface area contributed by atoms with Crippen molar-refractivity contribution in [2.75, 3.05) is 19.6 Å². The highest BCUT2D eigenvalue weighted by atomic mass is 32.1. The van der Waals surface area contributed by atoms with Crippen LogP contribution in [-0.2, 0) is 17.6 Å². The Morgan fingerprint density at radius 3 is 2.17 bits per heavy atom. The first-order valence-electron chi connectivity index (χ1n) is 17.0. The van der Waals surface area contributed by atoms with Gasteiger partial charge in [0.15, 0.2) is 22.4 Å². The van der Waals surface area contributed by atoms with Crippen LogP contribution in [0.2, 0.25) is 0 Å². The van der Waals surface area contributed by atoms with E-state index in [-0.39, 0.29) is 23.5 Å². The Morgan fingerprint density at radius 2 is 1.60 bits per heavy atom. The van der Waals surface area contributed by atoms with Gasteiger partial charge in [-0.2, -0.15) is 13.2 Å². The van der Waals surface area contributed by atoms with Crippen molar-refractivity contribution < 1.29 is 46.9 Å². The minimum Gasteiger partial charge on any atom is -0.503 e. The van der Waals surface area contributed by atoms with Gasteiger partial charge in [-0.3, -0.25) is 4.79 Å². The molecule has 15 heteroatoms. The molecule has 0 radical (unpaired) electrons. The summed E-state index contributed by atoms with van der Waals surface area (Å²) in [7, 11) is 0. The van der Waals surface area contributed by atoms with Crippen LogP contribution in [-0.4, -0.2) is 74.0 Å². The number of halogens is 5. The monoisotopic (exact) mass is 748 g/mol. The van der Waals surface area contributed by atoms with E-state index in [0.29, 0.717) is 28.5 Å². The van der Waals surface area contributed by atoms with Gasteiger partial charge in [-0.25, -0.2) is 23.5 Å². The summed E-state index contributed by atoms with van der Waals surface area (Å²) in [6, 6.07) is 11.2. The average molecular weight is 749 g/mol. The van der Waals surface area contributed by atoms with E-state index in [0.717, 1.165) is 85.5 Å². The number of nitrogens with zero attached hydrogens (tertiary/aromatic N) is 3. The molecule has 6 rings (SSSR count). The molecule has 3 heterocycles. The number of aryl methyl sites for hydroxylation is 1. The molecule has 0 bridgehead atoms. The topological polar surface area (TPSA) is 136 Å². The first kappa shape index (κ1) is 39.0. The second-order valence-corrected chi connectivity index (χ2v) is 15.3. The van der Waals surface area contributed by atoms with E-state index in [4.69, 9.17) is 19.9 Å². The van der Waals surface area contributed by atoms with Crippen LogP contribution in [0.1, 0.15) is 79.1 Å². The smallest absolute Gasteiger partial charge is 0.490 e. The highest BCUT2D eigenvalue weighted by Crippen LogP contribution is 2.38. The van der Waals surface area contributed by atoms with Gasteiger partial charge in [-0.05, 0) is 90.3 Å². The number of phenols is 1. The number of nitrogens with one attached hydrogen (secondary N) is 1. The molecule has 0 spiro atoms. The molecular formula is C37H41F5N4O5S. The van der Waals surface area contributed by atoms with Gasteiger partial charge in [0.2, 0.25) is 0 Å². The number of likely N-dealkylation sites (tertiary alicyclic amines) is 1. The Morgan fingerprint density at radius 1 is 0.981 bits per heavy atom.